The van der Waals surface area contributed by atoms with Crippen LogP contribution in [0.15, 0.2) is 30.7 Å². The van der Waals surface area contributed by atoms with Gasteiger partial charge in [-0.05, 0) is 18.6 Å². The van der Waals surface area contributed by atoms with Gasteiger partial charge < -0.3 is 9.88 Å². The molecule has 1 atom stereocenters. The number of hydrogen-bond donors (Lipinski definition) is 1. The van der Waals surface area contributed by atoms with Crippen LogP contribution in [0.2, 0.25) is 0 Å². The number of fused-ring (bicyclic) bond motifs is 1. The predicted octanol–water partition coefficient (Wildman–Crippen LogP) is 2.32. The molecular weight excluding hydrogens is 276 g/mol. The van der Waals surface area contributed by atoms with Gasteiger partial charge in [0.15, 0.2) is 0 Å². The van der Waals surface area contributed by atoms with Crippen molar-refractivity contribution >= 4 is 5.91 Å². The van der Waals surface area contributed by atoms with E-state index in [1.807, 2.05) is 0 Å². The van der Waals surface area contributed by atoms with E-state index in [0.717, 1.165) is 30.9 Å². The summed E-state index contributed by atoms with van der Waals surface area (Å²) in [5, 5.41) is 3.11. The van der Waals surface area contributed by atoms with Crippen LogP contribution in [0, 0.1) is 0 Å². The summed E-state index contributed by atoms with van der Waals surface area (Å²) in [7, 11) is 0. The number of amides is 1. The zero-order valence-electron chi connectivity index (χ0n) is 13.3. The maximum Gasteiger partial charge on any atom is 0.251 e. The first-order valence-corrected chi connectivity index (χ1v) is 7.71. The Morgan fingerprint density at radius 3 is 2.73 bits per heavy atom. The molecule has 22 heavy (non-hydrogen) atoms. The number of imidazole rings is 1. The fourth-order valence-electron chi connectivity index (χ4n) is 2.70. The molecule has 3 rings (SSSR count). The lowest BCUT2D eigenvalue weighted by molar-refractivity contribution is 0.0927. The molecule has 2 aromatic rings. The van der Waals surface area contributed by atoms with Crippen LogP contribution in [0.25, 0.3) is 0 Å². The third-order valence-electron chi connectivity index (χ3n) is 4.04. The Labute approximate surface area is 130 Å². The Kier molecular flexibility index (Phi) is 3.72. The van der Waals surface area contributed by atoms with Crippen LogP contribution < -0.4 is 5.32 Å². The molecular formula is C17H22N4O. The van der Waals surface area contributed by atoms with Crippen LogP contribution >= 0.6 is 0 Å². The largest absolute Gasteiger partial charge is 0.347 e. The van der Waals surface area contributed by atoms with Crippen LogP contribution in [-0.4, -0.2) is 26.5 Å². The van der Waals surface area contributed by atoms with Gasteiger partial charge in [0.1, 0.15) is 5.82 Å². The maximum absolute atomic E-state index is 12.2. The molecule has 1 aliphatic rings. The lowest BCUT2D eigenvalue weighted by Crippen LogP contribution is -2.40. The second-order valence-corrected chi connectivity index (χ2v) is 6.89. The lowest BCUT2D eigenvalue weighted by atomic mass is 9.93. The van der Waals surface area contributed by atoms with E-state index in [1.54, 1.807) is 24.5 Å². The number of aromatic nitrogens is 3. The molecule has 0 saturated heterocycles. The van der Waals surface area contributed by atoms with Crippen molar-refractivity contribution in [1.82, 2.24) is 19.9 Å². The fraction of sp³-hybridized carbons (Fsp3) is 0.471. The van der Waals surface area contributed by atoms with Gasteiger partial charge >= 0.3 is 0 Å². The molecule has 1 N–H and O–H groups in total. The number of aryl methyl sites for hydroxylation is 1. The van der Waals surface area contributed by atoms with Crippen molar-refractivity contribution in [3.63, 3.8) is 0 Å². The topological polar surface area (TPSA) is 59.8 Å². The average Bonchev–Trinajstić information content (AvgIpc) is 2.91. The van der Waals surface area contributed by atoms with Crippen molar-refractivity contribution < 1.29 is 4.79 Å². The van der Waals surface area contributed by atoms with Crippen molar-refractivity contribution in [1.29, 1.82) is 0 Å². The predicted molar refractivity (Wildman–Crippen MR) is 84.7 cm³/mol. The van der Waals surface area contributed by atoms with E-state index in [-0.39, 0.29) is 17.4 Å². The van der Waals surface area contributed by atoms with Gasteiger partial charge in [0, 0.05) is 48.6 Å². The average molecular weight is 298 g/mol. The first kappa shape index (κ1) is 14.8. The highest BCUT2D eigenvalue weighted by atomic mass is 16.1. The standard InChI is InChI=1S/C17H22N4O/c1-17(2,3)14-11-21-10-13(4-5-15(21)20-14)19-16(22)12-6-8-18-9-7-12/h6-9,11,13H,4-5,10H2,1-3H3,(H,19,22)/t13-/m0/s1. The Hall–Kier alpha value is -2.17. The van der Waals surface area contributed by atoms with Crippen LogP contribution in [-0.2, 0) is 18.4 Å². The van der Waals surface area contributed by atoms with Crippen LogP contribution in [0.3, 0.4) is 0 Å². The third-order valence-corrected chi connectivity index (χ3v) is 4.04. The molecule has 0 bridgehead atoms. The summed E-state index contributed by atoms with van der Waals surface area (Å²) in [6.07, 6.45) is 7.23. The number of carbonyl (C=O) groups excluding carboxylic acids is 1. The molecule has 5 nitrogen and oxygen atoms in total. The van der Waals surface area contributed by atoms with Crippen molar-refractivity contribution in [2.75, 3.05) is 0 Å². The number of nitrogens with one attached hydrogen (secondary N) is 1. The number of carbonyl (C=O) groups is 1. The molecule has 0 unspecified atom stereocenters. The summed E-state index contributed by atoms with van der Waals surface area (Å²) in [5.74, 6) is 1.09. The summed E-state index contributed by atoms with van der Waals surface area (Å²) >= 11 is 0. The van der Waals surface area contributed by atoms with Gasteiger partial charge in [-0.15, -0.1) is 0 Å². The molecule has 1 amide bonds. The minimum absolute atomic E-state index is 0.0352. The quantitative estimate of drug-likeness (QED) is 0.925. The zero-order valence-corrected chi connectivity index (χ0v) is 13.3. The Morgan fingerprint density at radius 2 is 2.05 bits per heavy atom. The number of nitrogens with zero attached hydrogens (tertiary/aromatic N) is 3. The van der Waals surface area contributed by atoms with Crippen LogP contribution in [0.4, 0.5) is 0 Å². The van der Waals surface area contributed by atoms with Crippen LogP contribution in [0.1, 0.15) is 49.1 Å². The molecule has 116 valence electrons. The van der Waals surface area contributed by atoms with E-state index >= 15 is 0 Å². The highest BCUT2D eigenvalue weighted by Gasteiger charge is 2.25. The van der Waals surface area contributed by atoms with Gasteiger partial charge in [0.2, 0.25) is 0 Å². The number of hydrogen-bond acceptors (Lipinski definition) is 3. The molecule has 0 spiro atoms. The lowest BCUT2D eigenvalue weighted by Gasteiger charge is -2.24. The van der Waals surface area contributed by atoms with Crippen LogP contribution in [0.5, 0.6) is 0 Å². The Balaban J connectivity index is 1.69. The molecule has 1 aliphatic heterocycles. The Morgan fingerprint density at radius 1 is 1.32 bits per heavy atom. The monoisotopic (exact) mass is 298 g/mol. The van der Waals surface area contributed by atoms with Crippen molar-refractivity contribution in [2.24, 2.45) is 0 Å². The third kappa shape index (κ3) is 3.03. The first-order valence-electron chi connectivity index (χ1n) is 7.71. The van der Waals surface area contributed by atoms with E-state index in [1.165, 1.54) is 0 Å². The molecule has 0 saturated carbocycles. The minimum Gasteiger partial charge on any atom is -0.347 e. The summed E-state index contributed by atoms with van der Waals surface area (Å²) in [6.45, 7) is 7.30. The molecule has 3 heterocycles. The van der Waals surface area contributed by atoms with Crippen molar-refractivity contribution in [3.05, 3.63) is 47.8 Å². The second kappa shape index (κ2) is 5.55. The van der Waals surface area contributed by atoms with E-state index in [2.05, 4.69) is 41.8 Å². The Bertz CT molecular complexity index is 670. The van der Waals surface area contributed by atoms with Gasteiger partial charge in [-0.3, -0.25) is 9.78 Å². The summed E-state index contributed by atoms with van der Waals surface area (Å²) < 4.78 is 2.18. The van der Waals surface area contributed by atoms with E-state index in [9.17, 15) is 4.79 Å². The van der Waals surface area contributed by atoms with Crippen molar-refractivity contribution in [2.45, 2.75) is 51.6 Å². The molecule has 0 aliphatic carbocycles. The van der Waals surface area contributed by atoms with E-state index in [4.69, 9.17) is 4.98 Å². The van der Waals surface area contributed by atoms with Gasteiger partial charge in [0.05, 0.1) is 5.69 Å². The molecule has 0 radical (unpaired) electrons. The zero-order chi connectivity index (χ0) is 15.7. The summed E-state index contributed by atoms with van der Waals surface area (Å²) in [5.41, 5.74) is 1.82. The normalized spacial score (nSPS) is 17.9. The summed E-state index contributed by atoms with van der Waals surface area (Å²) in [6, 6.07) is 3.62. The van der Waals surface area contributed by atoms with E-state index in [0.29, 0.717) is 5.56 Å². The molecule has 2 aromatic heterocycles. The first-order chi connectivity index (χ1) is 10.4. The maximum atomic E-state index is 12.2. The highest BCUT2D eigenvalue weighted by Crippen LogP contribution is 2.24. The van der Waals surface area contributed by atoms with Gasteiger partial charge in [-0.1, -0.05) is 20.8 Å². The fourth-order valence-corrected chi connectivity index (χ4v) is 2.70. The highest BCUT2D eigenvalue weighted by molar-refractivity contribution is 5.94. The molecule has 5 heteroatoms. The SMILES string of the molecule is CC(C)(C)c1cn2c(n1)CC[C@H](NC(=O)c1ccncc1)C2. The van der Waals surface area contributed by atoms with Gasteiger partial charge in [0.25, 0.3) is 5.91 Å². The second-order valence-electron chi connectivity index (χ2n) is 6.89. The van der Waals surface area contributed by atoms with Gasteiger partial charge in [-0.2, -0.15) is 0 Å². The minimum atomic E-state index is -0.0352. The van der Waals surface area contributed by atoms with Crippen molar-refractivity contribution in [3.8, 4) is 0 Å². The summed E-state index contributed by atoms with van der Waals surface area (Å²) in [4.78, 5) is 20.9. The number of rotatable bonds is 2. The van der Waals surface area contributed by atoms with Gasteiger partial charge in [-0.25, -0.2) is 4.98 Å². The number of pyridine rings is 1. The molecule has 0 aromatic carbocycles. The molecule has 0 fully saturated rings. The smallest absolute Gasteiger partial charge is 0.251 e. The van der Waals surface area contributed by atoms with E-state index < -0.39 is 0 Å².